The summed E-state index contributed by atoms with van der Waals surface area (Å²) in [5.74, 6) is 0.867. The summed E-state index contributed by atoms with van der Waals surface area (Å²) in [5, 5.41) is 3.65. The van der Waals surface area contributed by atoms with Crippen LogP contribution >= 0.6 is 0 Å². The van der Waals surface area contributed by atoms with Gasteiger partial charge < -0.3 is 10.2 Å². The Hall–Kier alpha value is -0.0800. The van der Waals surface area contributed by atoms with Crippen LogP contribution in [0.25, 0.3) is 0 Å². The van der Waals surface area contributed by atoms with E-state index in [2.05, 4.69) is 38.0 Å². The molecule has 0 aromatic carbocycles. The molecule has 1 aliphatic carbocycles. The van der Waals surface area contributed by atoms with Crippen molar-refractivity contribution in [1.29, 1.82) is 0 Å². The molecular weight excluding hydrogens is 184 g/mol. The molecule has 0 saturated heterocycles. The van der Waals surface area contributed by atoms with Crippen molar-refractivity contribution in [2.75, 3.05) is 20.1 Å². The lowest BCUT2D eigenvalue weighted by Crippen LogP contribution is -2.44. The van der Waals surface area contributed by atoms with Crippen molar-refractivity contribution >= 4 is 0 Å². The van der Waals surface area contributed by atoms with Crippen LogP contribution in [0.2, 0.25) is 0 Å². The molecule has 1 rings (SSSR count). The Kier molecular flexibility index (Phi) is 5.62. The molecule has 0 heterocycles. The molecular formula is C13H28N2. The number of hydrogen-bond donors (Lipinski definition) is 1. The van der Waals surface area contributed by atoms with Gasteiger partial charge in [0.1, 0.15) is 0 Å². The first-order chi connectivity index (χ1) is 7.15. The van der Waals surface area contributed by atoms with E-state index in [1.54, 1.807) is 0 Å². The molecule has 90 valence electrons. The van der Waals surface area contributed by atoms with Crippen molar-refractivity contribution < 1.29 is 0 Å². The van der Waals surface area contributed by atoms with Crippen molar-refractivity contribution in [1.82, 2.24) is 10.2 Å². The van der Waals surface area contributed by atoms with Gasteiger partial charge in [-0.25, -0.2) is 0 Å². The van der Waals surface area contributed by atoms with Crippen LogP contribution in [0.1, 0.15) is 46.5 Å². The zero-order chi connectivity index (χ0) is 11.3. The van der Waals surface area contributed by atoms with Crippen molar-refractivity contribution in [2.24, 2.45) is 5.92 Å². The second-order valence-corrected chi connectivity index (χ2v) is 5.24. The second-order valence-electron chi connectivity index (χ2n) is 5.24. The fraction of sp³-hybridized carbons (Fsp3) is 1.00. The number of nitrogens with one attached hydrogen (secondary N) is 1. The summed E-state index contributed by atoms with van der Waals surface area (Å²) in [5.41, 5.74) is 0. The van der Waals surface area contributed by atoms with E-state index in [0.29, 0.717) is 6.04 Å². The SMILES string of the molecule is CCNC1CCCCC1CN(C)C(C)C. The van der Waals surface area contributed by atoms with Gasteiger partial charge in [0.25, 0.3) is 0 Å². The van der Waals surface area contributed by atoms with Gasteiger partial charge in [0.2, 0.25) is 0 Å². The van der Waals surface area contributed by atoms with E-state index in [4.69, 9.17) is 0 Å². The van der Waals surface area contributed by atoms with E-state index in [0.717, 1.165) is 18.5 Å². The van der Waals surface area contributed by atoms with Crippen LogP contribution in [0.4, 0.5) is 0 Å². The highest BCUT2D eigenvalue weighted by molar-refractivity contribution is 4.82. The Morgan fingerprint density at radius 3 is 2.53 bits per heavy atom. The molecule has 1 aliphatic rings. The van der Waals surface area contributed by atoms with Crippen LogP contribution in [0, 0.1) is 5.92 Å². The molecule has 0 spiro atoms. The molecule has 0 bridgehead atoms. The van der Waals surface area contributed by atoms with Gasteiger partial charge in [0.15, 0.2) is 0 Å². The minimum Gasteiger partial charge on any atom is -0.314 e. The molecule has 2 nitrogen and oxygen atoms in total. The summed E-state index contributed by atoms with van der Waals surface area (Å²) < 4.78 is 0. The van der Waals surface area contributed by atoms with E-state index < -0.39 is 0 Å². The van der Waals surface area contributed by atoms with E-state index in [1.165, 1.54) is 32.2 Å². The Bertz CT molecular complexity index is 166. The second kappa shape index (κ2) is 6.49. The predicted octanol–water partition coefficient (Wildman–Crippen LogP) is 2.49. The third kappa shape index (κ3) is 4.12. The average Bonchev–Trinajstić information content (AvgIpc) is 2.21. The molecule has 0 aromatic rings. The number of hydrogen-bond acceptors (Lipinski definition) is 2. The van der Waals surface area contributed by atoms with Gasteiger partial charge in [-0.1, -0.05) is 19.8 Å². The molecule has 0 amide bonds. The van der Waals surface area contributed by atoms with Crippen molar-refractivity contribution in [3.63, 3.8) is 0 Å². The minimum absolute atomic E-state index is 0.675. The maximum Gasteiger partial charge on any atom is 0.0107 e. The minimum atomic E-state index is 0.675. The normalized spacial score (nSPS) is 27.6. The van der Waals surface area contributed by atoms with E-state index in [1.807, 2.05) is 0 Å². The molecule has 1 fully saturated rings. The maximum atomic E-state index is 3.65. The molecule has 2 heteroatoms. The Morgan fingerprint density at radius 2 is 1.93 bits per heavy atom. The summed E-state index contributed by atoms with van der Waals surface area (Å²) in [7, 11) is 2.25. The summed E-state index contributed by atoms with van der Waals surface area (Å²) >= 11 is 0. The standard InChI is InChI=1S/C13H28N2/c1-5-14-13-9-7-6-8-12(13)10-15(4)11(2)3/h11-14H,5-10H2,1-4H3. The molecule has 1 saturated carbocycles. The van der Waals surface area contributed by atoms with Crippen LogP contribution in [-0.2, 0) is 0 Å². The lowest BCUT2D eigenvalue weighted by atomic mass is 9.84. The third-order valence-electron chi connectivity index (χ3n) is 3.78. The Labute approximate surface area is 95.4 Å². The van der Waals surface area contributed by atoms with Gasteiger partial charge in [-0.05, 0) is 46.2 Å². The smallest absolute Gasteiger partial charge is 0.0107 e. The lowest BCUT2D eigenvalue weighted by Gasteiger charge is -2.36. The third-order valence-corrected chi connectivity index (χ3v) is 3.78. The largest absolute Gasteiger partial charge is 0.314 e. The van der Waals surface area contributed by atoms with E-state index >= 15 is 0 Å². The first-order valence-corrected chi connectivity index (χ1v) is 6.58. The Morgan fingerprint density at radius 1 is 1.27 bits per heavy atom. The van der Waals surface area contributed by atoms with Crippen LogP contribution in [0.15, 0.2) is 0 Å². The fourth-order valence-corrected chi connectivity index (χ4v) is 2.54. The quantitative estimate of drug-likeness (QED) is 0.753. The summed E-state index contributed by atoms with van der Waals surface area (Å²) in [4.78, 5) is 2.49. The highest BCUT2D eigenvalue weighted by Crippen LogP contribution is 2.25. The highest BCUT2D eigenvalue weighted by atomic mass is 15.1. The van der Waals surface area contributed by atoms with Crippen LogP contribution < -0.4 is 5.32 Å². The van der Waals surface area contributed by atoms with Crippen LogP contribution in [-0.4, -0.2) is 37.1 Å². The molecule has 15 heavy (non-hydrogen) atoms. The van der Waals surface area contributed by atoms with Gasteiger partial charge >= 0.3 is 0 Å². The molecule has 0 radical (unpaired) electrons. The maximum absolute atomic E-state index is 3.65. The summed E-state index contributed by atoms with van der Waals surface area (Å²) in [6, 6.07) is 1.44. The van der Waals surface area contributed by atoms with Crippen LogP contribution in [0.3, 0.4) is 0 Å². The lowest BCUT2D eigenvalue weighted by molar-refractivity contribution is 0.168. The van der Waals surface area contributed by atoms with Crippen LogP contribution in [0.5, 0.6) is 0 Å². The zero-order valence-corrected chi connectivity index (χ0v) is 10.9. The molecule has 1 N–H and O–H groups in total. The first-order valence-electron chi connectivity index (χ1n) is 6.58. The van der Waals surface area contributed by atoms with Crippen molar-refractivity contribution in [2.45, 2.75) is 58.5 Å². The van der Waals surface area contributed by atoms with Crippen molar-refractivity contribution in [3.8, 4) is 0 Å². The highest BCUT2D eigenvalue weighted by Gasteiger charge is 2.25. The average molecular weight is 212 g/mol. The van der Waals surface area contributed by atoms with Gasteiger partial charge in [-0.15, -0.1) is 0 Å². The first kappa shape index (κ1) is 13.0. The molecule has 2 atom stereocenters. The number of nitrogens with zero attached hydrogens (tertiary/aromatic N) is 1. The molecule has 0 aliphatic heterocycles. The summed E-state index contributed by atoms with van der Waals surface area (Å²) in [6.07, 6.45) is 5.64. The van der Waals surface area contributed by atoms with Gasteiger partial charge in [0.05, 0.1) is 0 Å². The predicted molar refractivity (Wildman–Crippen MR) is 67.2 cm³/mol. The molecule has 2 unspecified atom stereocenters. The zero-order valence-electron chi connectivity index (χ0n) is 10.9. The van der Waals surface area contributed by atoms with Gasteiger partial charge in [-0.2, -0.15) is 0 Å². The van der Waals surface area contributed by atoms with Crippen molar-refractivity contribution in [3.05, 3.63) is 0 Å². The van der Waals surface area contributed by atoms with E-state index in [-0.39, 0.29) is 0 Å². The van der Waals surface area contributed by atoms with E-state index in [9.17, 15) is 0 Å². The monoisotopic (exact) mass is 212 g/mol. The van der Waals surface area contributed by atoms with Gasteiger partial charge in [-0.3, -0.25) is 0 Å². The topological polar surface area (TPSA) is 15.3 Å². The van der Waals surface area contributed by atoms with Gasteiger partial charge in [0, 0.05) is 18.6 Å². The molecule has 0 aromatic heterocycles. The Balaban J connectivity index is 2.41. The summed E-state index contributed by atoms with van der Waals surface area (Å²) in [6.45, 7) is 9.16. The number of rotatable bonds is 5. The fourth-order valence-electron chi connectivity index (χ4n) is 2.54.